The second-order valence-electron chi connectivity index (χ2n) is 3.43. The van der Waals surface area contributed by atoms with Crippen molar-refractivity contribution in [1.29, 1.82) is 0 Å². The van der Waals surface area contributed by atoms with Gasteiger partial charge in [-0.15, -0.1) is 0 Å². The van der Waals surface area contributed by atoms with Crippen molar-refractivity contribution in [2.45, 2.75) is 12.8 Å². The van der Waals surface area contributed by atoms with Gasteiger partial charge in [0.25, 0.3) is 0 Å². The van der Waals surface area contributed by atoms with Crippen molar-refractivity contribution in [3.63, 3.8) is 0 Å². The topological polar surface area (TPSA) is 74.8 Å². The molecule has 16 heavy (non-hydrogen) atoms. The van der Waals surface area contributed by atoms with E-state index in [0.29, 0.717) is 13.1 Å². The van der Waals surface area contributed by atoms with Crippen LogP contribution in [-0.2, 0) is 6.42 Å². The molecule has 0 saturated carbocycles. The van der Waals surface area contributed by atoms with E-state index >= 15 is 0 Å². The molecule has 84 valence electrons. The molecule has 1 rings (SSSR count). The largest absolute Gasteiger partial charge is 0.330 e. The smallest absolute Gasteiger partial charge is 0.0292 e. The van der Waals surface area contributed by atoms with Gasteiger partial charge in [-0.1, -0.05) is 41.5 Å². The molecule has 0 heterocycles. The van der Waals surface area contributed by atoms with Crippen LogP contribution in [0.15, 0.2) is 35.5 Å². The fourth-order valence-electron chi connectivity index (χ4n) is 1.42. The van der Waals surface area contributed by atoms with Crippen LogP contribution in [-0.4, -0.2) is 13.1 Å². The molecule has 0 atom stereocenters. The van der Waals surface area contributed by atoms with Gasteiger partial charge in [0.05, 0.1) is 0 Å². The fraction of sp³-hybridized carbons (Fsp3) is 0.333. The zero-order chi connectivity index (χ0) is 11.6. The molecule has 1 aromatic rings. The van der Waals surface area contributed by atoms with E-state index in [2.05, 4.69) is 22.2 Å². The summed E-state index contributed by atoms with van der Waals surface area (Å²) in [6.45, 7) is 1.18. The van der Waals surface area contributed by atoms with Crippen molar-refractivity contribution in [2.24, 2.45) is 10.8 Å². The third-order valence-corrected chi connectivity index (χ3v) is 2.15. The Morgan fingerprint density at radius 2 is 2.31 bits per heavy atom. The number of nitrogens with zero attached hydrogens (tertiary/aromatic N) is 3. The lowest BCUT2D eigenvalue weighted by Gasteiger charge is -1.99. The number of benzene rings is 1. The van der Waals surface area contributed by atoms with E-state index in [0.717, 1.165) is 18.4 Å². The summed E-state index contributed by atoms with van der Waals surface area (Å²) in [6.07, 6.45) is 5.72. The highest BCUT2D eigenvalue weighted by atomic mass is 15.1. The molecular weight excluding hydrogens is 200 g/mol. The highest BCUT2D eigenvalue weighted by Gasteiger charge is 1.91. The molecule has 4 nitrogen and oxygen atoms in total. The second-order valence-corrected chi connectivity index (χ2v) is 3.43. The monoisotopic (exact) mass is 216 g/mol. The van der Waals surface area contributed by atoms with Gasteiger partial charge in [0.15, 0.2) is 0 Å². The van der Waals surface area contributed by atoms with Gasteiger partial charge in [-0.2, -0.15) is 0 Å². The zero-order valence-corrected chi connectivity index (χ0v) is 9.21. The molecule has 1 aromatic carbocycles. The standard InChI is InChI=1S/C12H16N4/c13-8-7-12-6-3-5-11(10-12)4-1-2-9-15-16-14/h1,3-6,10H,2,7-9,13H2. The molecule has 0 spiro atoms. The molecule has 0 aromatic heterocycles. The predicted octanol–water partition coefficient (Wildman–Crippen LogP) is 2.90. The number of rotatable bonds is 6. The minimum Gasteiger partial charge on any atom is -0.330 e. The number of hydrogen-bond acceptors (Lipinski definition) is 2. The first kappa shape index (κ1) is 12.3. The summed E-state index contributed by atoms with van der Waals surface area (Å²) in [4.78, 5) is 2.70. The molecular formula is C12H16N4. The molecule has 0 amide bonds. The summed E-state index contributed by atoms with van der Waals surface area (Å²) < 4.78 is 0. The normalized spacial score (nSPS) is 10.3. The van der Waals surface area contributed by atoms with Gasteiger partial charge in [-0.3, -0.25) is 0 Å². The lowest BCUT2D eigenvalue weighted by molar-refractivity contribution is 0.968. The minimum atomic E-state index is 0.509. The Morgan fingerprint density at radius 1 is 1.44 bits per heavy atom. The van der Waals surface area contributed by atoms with Crippen LogP contribution < -0.4 is 5.73 Å². The Kier molecular flexibility index (Phi) is 5.78. The van der Waals surface area contributed by atoms with E-state index < -0.39 is 0 Å². The van der Waals surface area contributed by atoms with Crippen LogP contribution >= 0.6 is 0 Å². The van der Waals surface area contributed by atoms with Crippen LogP contribution in [0.4, 0.5) is 0 Å². The highest BCUT2D eigenvalue weighted by molar-refractivity contribution is 5.50. The van der Waals surface area contributed by atoms with Gasteiger partial charge >= 0.3 is 0 Å². The lowest BCUT2D eigenvalue weighted by atomic mass is 10.1. The Morgan fingerprint density at radius 3 is 3.06 bits per heavy atom. The first-order chi connectivity index (χ1) is 7.86. The number of nitrogens with two attached hydrogens (primary N) is 1. The molecule has 0 saturated heterocycles. The Balaban J connectivity index is 2.52. The Hall–Kier alpha value is -1.77. The highest BCUT2D eigenvalue weighted by Crippen LogP contribution is 2.07. The maximum Gasteiger partial charge on any atom is 0.0292 e. The van der Waals surface area contributed by atoms with Gasteiger partial charge in [0, 0.05) is 11.5 Å². The molecule has 4 heteroatoms. The summed E-state index contributed by atoms with van der Waals surface area (Å²) in [7, 11) is 0. The maximum absolute atomic E-state index is 8.10. The third kappa shape index (κ3) is 4.64. The molecule has 2 N–H and O–H groups in total. The Bertz CT molecular complexity index is 392. The van der Waals surface area contributed by atoms with Crippen LogP contribution in [0.5, 0.6) is 0 Å². The Labute approximate surface area is 95.4 Å². The molecule has 0 fully saturated rings. The minimum absolute atomic E-state index is 0.509. The van der Waals surface area contributed by atoms with Gasteiger partial charge in [-0.25, -0.2) is 0 Å². The first-order valence-electron chi connectivity index (χ1n) is 5.33. The van der Waals surface area contributed by atoms with E-state index in [-0.39, 0.29) is 0 Å². The van der Waals surface area contributed by atoms with Crippen molar-refractivity contribution in [1.82, 2.24) is 0 Å². The average molecular weight is 216 g/mol. The van der Waals surface area contributed by atoms with Crippen LogP contribution in [0.2, 0.25) is 0 Å². The summed E-state index contributed by atoms with van der Waals surface area (Å²) in [5.41, 5.74) is 16.0. The van der Waals surface area contributed by atoms with Crippen LogP contribution in [0.3, 0.4) is 0 Å². The summed E-state index contributed by atoms with van der Waals surface area (Å²) >= 11 is 0. The SMILES string of the molecule is [N-]=[N+]=NCCC=Cc1cccc(CCN)c1. The van der Waals surface area contributed by atoms with Crippen molar-refractivity contribution >= 4 is 6.08 Å². The molecule has 0 bridgehead atoms. The second kappa shape index (κ2) is 7.51. The lowest BCUT2D eigenvalue weighted by Crippen LogP contribution is -2.02. The van der Waals surface area contributed by atoms with Gasteiger partial charge < -0.3 is 5.73 Å². The van der Waals surface area contributed by atoms with E-state index in [1.807, 2.05) is 24.3 Å². The van der Waals surface area contributed by atoms with Crippen molar-refractivity contribution in [3.05, 3.63) is 51.9 Å². The van der Waals surface area contributed by atoms with Crippen LogP contribution in [0.1, 0.15) is 17.5 Å². The average Bonchev–Trinajstić information content (AvgIpc) is 2.30. The maximum atomic E-state index is 8.10. The number of azide groups is 1. The van der Waals surface area contributed by atoms with E-state index in [1.54, 1.807) is 0 Å². The van der Waals surface area contributed by atoms with Crippen LogP contribution in [0, 0.1) is 0 Å². The summed E-state index contributed by atoms with van der Waals surface area (Å²) in [6, 6.07) is 8.27. The summed E-state index contributed by atoms with van der Waals surface area (Å²) in [5.74, 6) is 0. The third-order valence-electron chi connectivity index (χ3n) is 2.15. The molecule has 0 radical (unpaired) electrons. The number of hydrogen-bond donors (Lipinski definition) is 1. The van der Waals surface area contributed by atoms with E-state index in [1.165, 1.54) is 5.56 Å². The van der Waals surface area contributed by atoms with Crippen molar-refractivity contribution in [3.8, 4) is 0 Å². The van der Waals surface area contributed by atoms with Gasteiger partial charge in [-0.05, 0) is 36.0 Å². The molecule has 0 unspecified atom stereocenters. The van der Waals surface area contributed by atoms with Gasteiger partial charge in [0.2, 0.25) is 0 Å². The first-order valence-corrected chi connectivity index (χ1v) is 5.33. The van der Waals surface area contributed by atoms with E-state index in [9.17, 15) is 0 Å². The quantitative estimate of drug-likeness (QED) is 0.337. The molecule has 0 aliphatic heterocycles. The van der Waals surface area contributed by atoms with Crippen LogP contribution in [0.25, 0.3) is 16.5 Å². The summed E-state index contributed by atoms with van der Waals surface area (Å²) in [5, 5.41) is 3.46. The molecule has 0 aliphatic carbocycles. The van der Waals surface area contributed by atoms with Crippen molar-refractivity contribution in [2.75, 3.05) is 13.1 Å². The predicted molar refractivity (Wildman–Crippen MR) is 66.9 cm³/mol. The zero-order valence-electron chi connectivity index (χ0n) is 9.21. The molecule has 0 aliphatic rings. The van der Waals surface area contributed by atoms with E-state index in [4.69, 9.17) is 11.3 Å². The fourth-order valence-corrected chi connectivity index (χ4v) is 1.42. The van der Waals surface area contributed by atoms with Crippen molar-refractivity contribution < 1.29 is 0 Å². The van der Waals surface area contributed by atoms with Gasteiger partial charge in [0.1, 0.15) is 0 Å².